The van der Waals surface area contributed by atoms with Gasteiger partial charge in [-0.15, -0.1) is 0 Å². The number of aliphatic hydroxyl groups is 1. The Kier molecular flexibility index (Phi) is 5.68. The Morgan fingerprint density at radius 3 is 2.44 bits per heavy atom. The summed E-state index contributed by atoms with van der Waals surface area (Å²) in [6.07, 6.45) is 2.18. The van der Waals surface area contributed by atoms with Crippen LogP contribution >= 0.6 is 0 Å². The number of pyridine rings is 1. The second-order valence-corrected chi connectivity index (χ2v) is 7.91. The smallest absolute Gasteiger partial charge is 0.274 e. The predicted molar refractivity (Wildman–Crippen MR) is 105 cm³/mol. The van der Waals surface area contributed by atoms with Crippen LogP contribution in [-0.2, 0) is 13.1 Å². The van der Waals surface area contributed by atoms with Gasteiger partial charge in [0.05, 0.1) is 6.10 Å². The van der Waals surface area contributed by atoms with Crippen LogP contribution in [0.3, 0.4) is 0 Å². The van der Waals surface area contributed by atoms with Crippen LogP contribution in [0.25, 0.3) is 0 Å². The zero-order valence-corrected chi connectivity index (χ0v) is 16.8. The van der Waals surface area contributed by atoms with E-state index in [0.29, 0.717) is 31.4 Å². The maximum Gasteiger partial charge on any atom is 0.274 e. The minimum Gasteiger partial charge on any atom is -0.503 e. The molecule has 170 valence electrons. The van der Waals surface area contributed by atoms with E-state index < -0.39 is 64.2 Å². The third kappa shape index (κ3) is 3.83. The van der Waals surface area contributed by atoms with Crippen LogP contribution in [0.1, 0.15) is 45.7 Å². The molecule has 4 rings (SSSR count). The average molecular weight is 451 g/mol. The molecule has 0 unspecified atom stereocenters. The molecule has 1 aliphatic heterocycles. The molecule has 1 aromatic carbocycles. The standard InChI is InChI=1S/C21H20F3N3O5/c22-10-5-15(23)13(16(24)6-10)8-25-20(31)14-9-26-3-4-27(11-1-2-12(28)7-11)21(32)17(26)19(30)18(14)29/h5-6,9,11-12,28,30H,1-4,7-8H2,(H,25,31)/t11-,12+/m0/s1. The molecule has 0 saturated heterocycles. The van der Waals surface area contributed by atoms with Crippen molar-refractivity contribution in [3.63, 3.8) is 0 Å². The maximum absolute atomic E-state index is 13.8. The number of nitrogens with zero attached hydrogens (tertiary/aromatic N) is 2. The molecule has 0 bridgehead atoms. The largest absolute Gasteiger partial charge is 0.503 e. The number of benzene rings is 1. The number of hydrogen-bond donors (Lipinski definition) is 3. The molecule has 1 fully saturated rings. The molecule has 11 heteroatoms. The summed E-state index contributed by atoms with van der Waals surface area (Å²) >= 11 is 0. The van der Waals surface area contributed by atoms with Crippen molar-refractivity contribution in [2.45, 2.75) is 44.5 Å². The van der Waals surface area contributed by atoms with Crippen LogP contribution < -0.4 is 10.7 Å². The van der Waals surface area contributed by atoms with Gasteiger partial charge in [0.1, 0.15) is 23.0 Å². The van der Waals surface area contributed by atoms with Gasteiger partial charge in [0, 0.05) is 49.6 Å². The van der Waals surface area contributed by atoms with Crippen molar-refractivity contribution in [1.82, 2.24) is 14.8 Å². The second-order valence-electron chi connectivity index (χ2n) is 7.91. The van der Waals surface area contributed by atoms with Gasteiger partial charge >= 0.3 is 0 Å². The molecular formula is C21H20F3N3O5. The molecule has 2 atom stereocenters. The molecule has 2 aliphatic rings. The molecular weight excluding hydrogens is 431 g/mol. The summed E-state index contributed by atoms with van der Waals surface area (Å²) in [5.74, 6) is -6.00. The van der Waals surface area contributed by atoms with Crippen molar-refractivity contribution in [1.29, 1.82) is 0 Å². The van der Waals surface area contributed by atoms with Crippen LogP contribution in [0.4, 0.5) is 13.2 Å². The fourth-order valence-electron chi connectivity index (χ4n) is 4.24. The van der Waals surface area contributed by atoms with Gasteiger partial charge in [0.2, 0.25) is 5.43 Å². The molecule has 8 nitrogen and oxygen atoms in total. The SMILES string of the molecule is O=C(NCc1c(F)cc(F)cc1F)c1cn2c(c(O)c1=O)C(=O)N([C@H]1CC[C@@H](O)C1)CC2. The first-order valence-corrected chi connectivity index (χ1v) is 10.0. The number of aliphatic hydroxyl groups excluding tert-OH is 1. The first kappa shape index (κ1) is 21.9. The van der Waals surface area contributed by atoms with E-state index in [1.165, 1.54) is 9.47 Å². The van der Waals surface area contributed by atoms with Crippen molar-refractivity contribution in [2.24, 2.45) is 0 Å². The number of halogens is 3. The normalized spacial score (nSPS) is 20.4. The van der Waals surface area contributed by atoms with Crippen LogP contribution in [0.5, 0.6) is 5.75 Å². The maximum atomic E-state index is 13.8. The lowest BCUT2D eigenvalue weighted by molar-refractivity contribution is 0.0596. The van der Waals surface area contributed by atoms with Gasteiger partial charge in [0.25, 0.3) is 11.8 Å². The summed E-state index contributed by atoms with van der Waals surface area (Å²) in [6.45, 7) is -0.197. The third-order valence-electron chi connectivity index (χ3n) is 5.90. The second kappa shape index (κ2) is 8.30. The third-order valence-corrected chi connectivity index (χ3v) is 5.90. The summed E-state index contributed by atoms with van der Waals surface area (Å²) in [6, 6.07) is 0.722. The number of fused-ring (bicyclic) bond motifs is 1. The van der Waals surface area contributed by atoms with E-state index in [0.717, 1.165) is 6.20 Å². The van der Waals surface area contributed by atoms with E-state index in [4.69, 9.17) is 0 Å². The Morgan fingerprint density at radius 1 is 1.12 bits per heavy atom. The lowest BCUT2D eigenvalue weighted by atomic mass is 10.1. The average Bonchev–Trinajstić information content (AvgIpc) is 3.15. The molecule has 0 spiro atoms. The number of carbonyl (C=O) groups is 2. The van der Waals surface area contributed by atoms with Gasteiger partial charge in [-0.05, 0) is 19.3 Å². The van der Waals surface area contributed by atoms with Gasteiger partial charge < -0.3 is 25.0 Å². The number of aromatic nitrogens is 1. The summed E-state index contributed by atoms with van der Waals surface area (Å²) in [7, 11) is 0. The minimum absolute atomic E-state index is 0.197. The highest BCUT2D eigenvalue weighted by atomic mass is 19.1. The highest BCUT2D eigenvalue weighted by Gasteiger charge is 2.37. The van der Waals surface area contributed by atoms with Crippen molar-refractivity contribution < 1.29 is 33.0 Å². The van der Waals surface area contributed by atoms with Crippen LogP contribution in [-0.4, -0.2) is 50.2 Å². The Hall–Kier alpha value is -3.34. The number of rotatable bonds is 4. The molecule has 2 heterocycles. The highest BCUT2D eigenvalue weighted by Crippen LogP contribution is 2.29. The highest BCUT2D eigenvalue weighted by molar-refractivity contribution is 5.99. The predicted octanol–water partition coefficient (Wildman–Crippen LogP) is 1.27. The fraction of sp³-hybridized carbons (Fsp3) is 0.381. The van der Waals surface area contributed by atoms with E-state index in [1.807, 2.05) is 0 Å². The first-order chi connectivity index (χ1) is 15.2. The Morgan fingerprint density at radius 2 is 1.81 bits per heavy atom. The van der Waals surface area contributed by atoms with Crippen molar-refractivity contribution in [3.05, 3.63) is 62.8 Å². The molecule has 2 aromatic rings. The van der Waals surface area contributed by atoms with Gasteiger partial charge in [-0.2, -0.15) is 0 Å². The van der Waals surface area contributed by atoms with Crippen LogP contribution in [0.15, 0.2) is 23.1 Å². The van der Waals surface area contributed by atoms with Gasteiger partial charge in [-0.25, -0.2) is 13.2 Å². The topological polar surface area (TPSA) is 112 Å². The van der Waals surface area contributed by atoms with Crippen molar-refractivity contribution >= 4 is 11.8 Å². The summed E-state index contributed by atoms with van der Waals surface area (Å²) in [5.41, 5.74) is -2.46. The summed E-state index contributed by atoms with van der Waals surface area (Å²) in [5, 5.41) is 22.3. The molecule has 3 N–H and O–H groups in total. The van der Waals surface area contributed by atoms with E-state index in [1.54, 1.807) is 0 Å². The molecule has 0 radical (unpaired) electrons. The lowest BCUT2D eigenvalue weighted by Crippen LogP contribution is -2.47. The van der Waals surface area contributed by atoms with Crippen molar-refractivity contribution in [3.8, 4) is 5.75 Å². The molecule has 1 saturated carbocycles. The lowest BCUT2D eigenvalue weighted by Gasteiger charge is -2.34. The summed E-state index contributed by atoms with van der Waals surface area (Å²) < 4.78 is 41.9. The number of hydrogen-bond acceptors (Lipinski definition) is 5. The number of amides is 2. The molecule has 32 heavy (non-hydrogen) atoms. The number of aromatic hydroxyl groups is 1. The molecule has 1 aliphatic carbocycles. The van der Waals surface area contributed by atoms with Crippen LogP contribution in [0, 0.1) is 17.5 Å². The Labute approximate surface area is 179 Å². The number of carbonyl (C=O) groups excluding carboxylic acids is 2. The zero-order valence-electron chi connectivity index (χ0n) is 16.8. The van der Waals surface area contributed by atoms with E-state index in [2.05, 4.69) is 5.32 Å². The van der Waals surface area contributed by atoms with Gasteiger partial charge in [-0.1, -0.05) is 0 Å². The number of nitrogens with one attached hydrogen (secondary N) is 1. The van der Waals surface area contributed by atoms with E-state index in [9.17, 15) is 37.8 Å². The quantitative estimate of drug-likeness (QED) is 0.648. The van der Waals surface area contributed by atoms with Gasteiger partial charge in [-0.3, -0.25) is 14.4 Å². The first-order valence-electron chi connectivity index (χ1n) is 10.0. The summed E-state index contributed by atoms with van der Waals surface area (Å²) in [4.78, 5) is 39.4. The fourth-order valence-corrected chi connectivity index (χ4v) is 4.24. The molecule has 2 amide bonds. The monoisotopic (exact) mass is 451 g/mol. The zero-order chi connectivity index (χ0) is 23.2. The van der Waals surface area contributed by atoms with Crippen LogP contribution in [0.2, 0.25) is 0 Å². The van der Waals surface area contributed by atoms with E-state index >= 15 is 0 Å². The van der Waals surface area contributed by atoms with E-state index in [-0.39, 0.29) is 24.8 Å². The minimum atomic E-state index is -1.20. The Bertz CT molecular complexity index is 1140. The van der Waals surface area contributed by atoms with Gasteiger partial charge in [0.15, 0.2) is 11.4 Å². The van der Waals surface area contributed by atoms with Crippen molar-refractivity contribution in [2.75, 3.05) is 6.54 Å². The Balaban J connectivity index is 1.57. The molecule has 1 aromatic heterocycles.